The highest BCUT2D eigenvalue weighted by molar-refractivity contribution is 6.35. The zero-order chi connectivity index (χ0) is 17.6. The van der Waals surface area contributed by atoms with Crippen molar-refractivity contribution in [2.75, 3.05) is 7.11 Å². The molecule has 0 unspecified atom stereocenters. The van der Waals surface area contributed by atoms with Crippen molar-refractivity contribution in [1.82, 2.24) is 9.97 Å². The fraction of sp³-hybridized carbons (Fsp3) is 0.0769. The van der Waals surface area contributed by atoms with E-state index in [1.54, 1.807) is 0 Å². The number of carbonyl (C=O) groups excluding carboxylic acids is 1. The molecule has 0 radical (unpaired) electrons. The lowest BCUT2D eigenvalue weighted by Crippen LogP contribution is -2.02. The van der Waals surface area contributed by atoms with Crippen molar-refractivity contribution in [2.45, 2.75) is 0 Å². The van der Waals surface area contributed by atoms with Gasteiger partial charge in [0.25, 0.3) is 0 Å². The molecule has 0 saturated heterocycles. The molecule has 1 N–H and O–H groups in total. The molecule has 0 aliphatic rings. The third-order valence-electron chi connectivity index (χ3n) is 2.27. The van der Waals surface area contributed by atoms with Gasteiger partial charge in [0.1, 0.15) is 20.6 Å². The smallest absolute Gasteiger partial charge is 0.341 e. The zero-order valence-corrected chi connectivity index (χ0v) is 14.4. The molecule has 0 aliphatic heterocycles. The summed E-state index contributed by atoms with van der Waals surface area (Å²) in [7, 11) is 1.27. The van der Waals surface area contributed by atoms with Gasteiger partial charge in [-0.2, -0.15) is 0 Å². The monoisotopic (exact) mass is 396 g/mol. The van der Waals surface area contributed by atoms with Crippen LogP contribution in [0.5, 0.6) is 0 Å². The number of methoxy groups -OCH3 is 1. The third kappa shape index (κ3) is 5.84. The van der Waals surface area contributed by atoms with E-state index in [1.165, 1.54) is 31.4 Å². The Morgan fingerprint density at radius 1 is 0.913 bits per heavy atom. The van der Waals surface area contributed by atoms with Gasteiger partial charge < -0.3 is 9.84 Å². The summed E-state index contributed by atoms with van der Waals surface area (Å²) in [6, 6.07) is 5.61. The Balaban J connectivity index is 0.000000231. The molecule has 6 nitrogen and oxygen atoms in total. The Hall–Kier alpha value is -1.60. The van der Waals surface area contributed by atoms with Gasteiger partial charge in [-0.05, 0) is 24.3 Å². The minimum absolute atomic E-state index is 0.0453. The topological polar surface area (TPSA) is 89.4 Å². The van der Waals surface area contributed by atoms with Crippen molar-refractivity contribution < 1.29 is 19.4 Å². The molecule has 0 aliphatic carbocycles. The van der Waals surface area contributed by atoms with E-state index in [9.17, 15) is 9.59 Å². The minimum atomic E-state index is -1.11. The zero-order valence-electron chi connectivity index (χ0n) is 11.4. The van der Waals surface area contributed by atoms with Crippen LogP contribution in [0.4, 0.5) is 0 Å². The number of hydrogen-bond acceptors (Lipinski definition) is 5. The van der Waals surface area contributed by atoms with Gasteiger partial charge in [-0.25, -0.2) is 19.6 Å². The average molecular weight is 398 g/mol. The number of nitrogens with zero attached hydrogens (tertiary/aromatic N) is 2. The van der Waals surface area contributed by atoms with Gasteiger partial charge in [-0.15, -0.1) is 0 Å². The summed E-state index contributed by atoms with van der Waals surface area (Å²) < 4.78 is 4.45. The Kier molecular flexibility index (Phi) is 7.51. The van der Waals surface area contributed by atoms with Crippen molar-refractivity contribution >= 4 is 58.3 Å². The molecule has 2 aromatic heterocycles. The van der Waals surface area contributed by atoms with E-state index in [4.69, 9.17) is 51.5 Å². The highest BCUT2D eigenvalue weighted by Crippen LogP contribution is 2.17. The Labute approximate surface area is 150 Å². The molecular weight excluding hydrogens is 390 g/mol. The van der Waals surface area contributed by atoms with Crippen LogP contribution in [-0.2, 0) is 4.74 Å². The molecule has 2 heterocycles. The highest BCUT2D eigenvalue weighted by atomic mass is 35.5. The maximum Gasteiger partial charge on any atom is 0.341 e. The summed E-state index contributed by atoms with van der Waals surface area (Å²) >= 11 is 22.0. The van der Waals surface area contributed by atoms with E-state index in [0.29, 0.717) is 0 Å². The quantitative estimate of drug-likeness (QED) is 0.601. The SMILES string of the molecule is COC(=O)c1ccc(Cl)nc1Cl.O=C(O)c1ccc(Cl)nc1Cl. The number of pyridine rings is 2. The lowest BCUT2D eigenvalue weighted by atomic mass is 10.3. The Morgan fingerprint density at radius 3 is 1.70 bits per heavy atom. The average Bonchev–Trinajstić information content (AvgIpc) is 2.46. The van der Waals surface area contributed by atoms with Gasteiger partial charge in [0.15, 0.2) is 0 Å². The molecule has 0 saturated carbocycles. The number of aromatic nitrogens is 2. The van der Waals surface area contributed by atoms with Gasteiger partial charge in [-0.3, -0.25) is 0 Å². The largest absolute Gasteiger partial charge is 0.478 e. The lowest BCUT2D eigenvalue weighted by molar-refractivity contribution is 0.0599. The van der Waals surface area contributed by atoms with Crippen LogP contribution in [0.3, 0.4) is 0 Å². The number of halogens is 4. The van der Waals surface area contributed by atoms with E-state index in [2.05, 4.69) is 14.7 Å². The summed E-state index contributed by atoms with van der Waals surface area (Å²) in [6.07, 6.45) is 0. The highest BCUT2D eigenvalue weighted by Gasteiger charge is 2.11. The van der Waals surface area contributed by atoms with E-state index < -0.39 is 11.9 Å². The maximum atomic E-state index is 11.0. The number of carboxylic acid groups (broad SMARTS) is 1. The van der Waals surface area contributed by atoms with Crippen molar-refractivity contribution in [2.24, 2.45) is 0 Å². The molecule has 0 atom stereocenters. The van der Waals surface area contributed by atoms with Crippen LogP contribution < -0.4 is 0 Å². The summed E-state index contributed by atoms with van der Waals surface area (Å²) in [4.78, 5) is 28.5. The van der Waals surface area contributed by atoms with Crippen LogP contribution in [0.25, 0.3) is 0 Å². The number of carboxylic acids is 1. The molecule has 0 amide bonds. The summed E-state index contributed by atoms with van der Waals surface area (Å²) in [6.45, 7) is 0. The summed E-state index contributed by atoms with van der Waals surface area (Å²) in [5.41, 5.74) is 0.166. The molecule has 2 rings (SSSR count). The Bertz CT molecular complexity index is 740. The first-order valence-corrected chi connectivity index (χ1v) is 7.23. The van der Waals surface area contributed by atoms with E-state index in [1.807, 2.05) is 0 Å². The first-order valence-electron chi connectivity index (χ1n) is 5.72. The lowest BCUT2D eigenvalue weighted by Gasteiger charge is -2.00. The molecule has 0 aromatic carbocycles. The van der Waals surface area contributed by atoms with Crippen molar-refractivity contribution in [3.63, 3.8) is 0 Å². The van der Waals surface area contributed by atoms with Gasteiger partial charge in [0.05, 0.1) is 18.2 Å². The molecule has 0 fully saturated rings. The van der Waals surface area contributed by atoms with Crippen LogP contribution in [0, 0.1) is 0 Å². The number of ether oxygens (including phenoxy) is 1. The third-order valence-corrected chi connectivity index (χ3v) is 3.26. The second kappa shape index (κ2) is 8.88. The molecular formula is C13H8Cl4N2O4. The van der Waals surface area contributed by atoms with Crippen molar-refractivity contribution in [3.05, 3.63) is 56.0 Å². The second-order valence-electron chi connectivity index (χ2n) is 3.74. The van der Waals surface area contributed by atoms with Gasteiger partial charge >= 0.3 is 11.9 Å². The van der Waals surface area contributed by atoms with Crippen molar-refractivity contribution in [3.8, 4) is 0 Å². The fourth-order valence-corrected chi connectivity index (χ4v) is 2.09. The molecule has 2 aromatic rings. The maximum absolute atomic E-state index is 11.0. The molecule has 0 bridgehead atoms. The summed E-state index contributed by atoms with van der Waals surface area (Å²) in [5, 5.41) is 8.87. The number of aromatic carboxylic acids is 1. The first kappa shape index (κ1) is 19.4. The van der Waals surface area contributed by atoms with Crippen LogP contribution in [0.2, 0.25) is 20.6 Å². The molecule has 10 heteroatoms. The summed E-state index contributed by atoms with van der Waals surface area (Å²) in [5.74, 6) is -1.64. The number of carbonyl (C=O) groups is 2. The molecule has 0 spiro atoms. The van der Waals surface area contributed by atoms with E-state index in [0.717, 1.165) is 0 Å². The van der Waals surface area contributed by atoms with Crippen LogP contribution in [0.1, 0.15) is 20.7 Å². The second-order valence-corrected chi connectivity index (χ2v) is 5.23. The minimum Gasteiger partial charge on any atom is -0.478 e. The normalized spacial score (nSPS) is 9.61. The van der Waals surface area contributed by atoms with Crippen LogP contribution in [0.15, 0.2) is 24.3 Å². The van der Waals surface area contributed by atoms with Gasteiger partial charge in [0.2, 0.25) is 0 Å². The standard InChI is InChI=1S/C7H5Cl2NO2.C6H3Cl2NO2/c1-12-7(11)4-2-3-5(8)10-6(4)9;7-4-2-1-3(6(10)11)5(8)9-4/h2-3H,1H3;1-2H,(H,10,11). The van der Waals surface area contributed by atoms with Crippen LogP contribution in [-0.4, -0.2) is 34.1 Å². The first-order chi connectivity index (χ1) is 10.8. The van der Waals surface area contributed by atoms with Gasteiger partial charge in [0, 0.05) is 0 Å². The van der Waals surface area contributed by atoms with E-state index >= 15 is 0 Å². The van der Waals surface area contributed by atoms with E-state index in [-0.39, 0.29) is 31.7 Å². The Morgan fingerprint density at radius 2 is 1.35 bits per heavy atom. The van der Waals surface area contributed by atoms with Crippen molar-refractivity contribution in [1.29, 1.82) is 0 Å². The predicted molar refractivity (Wildman–Crippen MR) is 86.8 cm³/mol. The van der Waals surface area contributed by atoms with Crippen LogP contribution >= 0.6 is 46.4 Å². The fourth-order valence-electron chi connectivity index (χ4n) is 1.25. The number of rotatable bonds is 2. The molecule has 23 heavy (non-hydrogen) atoms. The number of hydrogen-bond donors (Lipinski definition) is 1. The molecule has 122 valence electrons. The predicted octanol–water partition coefficient (Wildman–Crippen LogP) is 4.26. The number of esters is 1. The van der Waals surface area contributed by atoms with Gasteiger partial charge in [-0.1, -0.05) is 46.4 Å².